The van der Waals surface area contributed by atoms with Crippen molar-refractivity contribution in [2.24, 2.45) is 0 Å². The average molecular weight is 269 g/mol. The summed E-state index contributed by atoms with van der Waals surface area (Å²) in [5.74, 6) is 0.402. The monoisotopic (exact) mass is 269 g/mol. The molecule has 6 nitrogen and oxygen atoms in total. The highest BCUT2D eigenvalue weighted by molar-refractivity contribution is 5.80. The van der Waals surface area contributed by atoms with Crippen LogP contribution in [0.4, 0.5) is 0 Å². The van der Waals surface area contributed by atoms with Crippen LogP contribution in [0, 0.1) is 0 Å². The fraction of sp³-hybridized carbons (Fsp3) is 0.692. The summed E-state index contributed by atoms with van der Waals surface area (Å²) in [6, 6.07) is 0. The van der Waals surface area contributed by atoms with E-state index < -0.39 is 5.54 Å². The maximum Gasteiger partial charge on any atom is 0.327 e. The SMILES string of the molecule is CCCNC(C)(Cn1cc(OC)cn1)C(=O)OCC. The van der Waals surface area contributed by atoms with Gasteiger partial charge in [0.15, 0.2) is 5.75 Å². The molecule has 0 fully saturated rings. The van der Waals surface area contributed by atoms with Crippen LogP contribution in [0.2, 0.25) is 0 Å². The summed E-state index contributed by atoms with van der Waals surface area (Å²) in [6.07, 6.45) is 4.31. The molecule has 1 rings (SSSR count). The minimum Gasteiger partial charge on any atom is -0.493 e. The third-order valence-electron chi connectivity index (χ3n) is 2.81. The second kappa shape index (κ2) is 7.13. The molecular formula is C13H23N3O3. The van der Waals surface area contributed by atoms with Gasteiger partial charge in [-0.25, -0.2) is 4.79 Å². The molecule has 0 aliphatic rings. The molecule has 0 saturated carbocycles. The summed E-state index contributed by atoms with van der Waals surface area (Å²) >= 11 is 0. The fourth-order valence-electron chi connectivity index (χ4n) is 1.74. The summed E-state index contributed by atoms with van der Waals surface area (Å²) in [5.41, 5.74) is -0.789. The van der Waals surface area contributed by atoms with Crippen LogP contribution in [0.1, 0.15) is 27.2 Å². The maximum atomic E-state index is 12.1. The molecule has 1 aromatic rings. The van der Waals surface area contributed by atoms with Gasteiger partial charge in [0.2, 0.25) is 0 Å². The minimum atomic E-state index is -0.789. The molecule has 6 heteroatoms. The molecule has 0 spiro atoms. The zero-order valence-corrected chi connectivity index (χ0v) is 12.1. The quantitative estimate of drug-likeness (QED) is 0.719. The van der Waals surface area contributed by atoms with Crippen molar-refractivity contribution in [2.75, 3.05) is 20.3 Å². The molecule has 0 aliphatic heterocycles. The highest BCUT2D eigenvalue weighted by Crippen LogP contribution is 2.14. The van der Waals surface area contributed by atoms with E-state index in [0.717, 1.165) is 13.0 Å². The van der Waals surface area contributed by atoms with Crippen LogP contribution in [0.25, 0.3) is 0 Å². The first-order chi connectivity index (χ1) is 9.05. The van der Waals surface area contributed by atoms with Gasteiger partial charge in [-0.2, -0.15) is 5.10 Å². The Morgan fingerprint density at radius 1 is 1.53 bits per heavy atom. The molecule has 0 bridgehead atoms. The summed E-state index contributed by atoms with van der Waals surface area (Å²) in [5, 5.41) is 7.40. The fourth-order valence-corrected chi connectivity index (χ4v) is 1.74. The van der Waals surface area contributed by atoms with E-state index in [1.54, 1.807) is 31.1 Å². The van der Waals surface area contributed by atoms with Crippen LogP contribution in [0.15, 0.2) is 12.4 Å². The second-order valence-electron chi connectivity index (χ2n) is 4.56. The third-order valence-corrected chi connectivity index (χ3v) is 2.81. The number of carbonyl (C=O) groups excluding carboxylic acids is 1. The standard InChI is InChI=1S/C13H23N3O3/c1-5-7-14-13(3,12(17)19-6-2)10-16-9-11(18-4)8-15-16/h8-9,14H,5-7,10H2,1-4H3. The van der Waals surface area contributed by atoms with Gasteiger partial charge < -0.3 is 14.8 Å². The van der Waals surface area contributed by atoms with Crippen molar-refractivity contribution < 1.29 is 14.3 Å². The number of hydrogen-bond donors (Lipinski definition) is 1. The van der Waals surface area contributed by atoms with E-state index in [1.165, 1.54) is 0 Å². The predicted molar refractivity (Wildman–Crippen MR) is 72.1 cm³/mol. The number of aromatic nitrogens is 2. The number of hydrogen-bond acceptors (Lipinski definition) is 5. The molecule has 1 aromatic heterocycles. The number of nitrogens with one attached hydrogen (secondary N) is 1. The highest BCUT2D eigenvalue weighted by Gasteiger charge is 2.35. The lowest BCUT2D eigenvalue weighted by molar-refractivity contribution is -0.151. The van der Waals surface area contributed by atoms with Gasteiger partial charge in [0.1, 0.15) is 5.54 Å². The summed E-state index contributed by atoms with van der Waals surface area (Å²) in [7, 11) is 1.58. The van der Waals surface area contributed by atoms with Crippen molar-refractivity contribution in [2.45, 2.75) is 39.3 Å². The van der Waals surface area contributed by atoms with Crippen LogP contribution in [-0.4, -0.2) is 41.6 Å². The first kappa shape index (κ1) is 15.5. The zero-order chi connectivity index (χ0) is 14.3. The van der Waals surface area contributed by atoms with Crippen LogP contribution in [-0.2, 0) is 16.1 Å². The molecule has 0 saturated heterocycles. The van der Waals surface area contributed by atoms with E-state index in [9.17, 15) is 4.79 Å². The number of rotatable bonds is 8. The van der Waals surface area contributed by atoms with Crippen molar-refractivity contribution in [3.8, 4) is 5.75 Å². The van der Waals surface area contributed by atoms with Gasteiger partial charge in [-0.15, -0.1) is 0 Å². The molecule has 1 atom stereocenters. The molecule has 0 radical (unpaired) electrons. The molecule has 19 heavy (non-hydrogen) atoms. The number of nitrogens with zero attached hydrogens (tertiary/aromatic N) is 2. The number of esters is 1. The van der Waals surface area contributed by atoms with E-state index in [2.05, 4.69) is 17.3 Å². The second-order valence-corrected chi connectivity index (χ2v) is 4.56. The van der Waals surface area contributed by atoms with Crippen molar-refractivity contribution in [1.82, 2.24) is 15.1 Å². The molecule has 108 valence electrons. The molecular weight excluding hydrogens is 246 g/mol. The topological polar surface area (TPSA) is 65.4 Å². The van der Waals surface area contributed by atoms with Crippen LogP contribution >= 0.6 is 0 Å². The van der Waals surface area contributed by atoms with E-state index >= 15 is 0 Å². The molecule has 1 N–H and O–H groups in total. The zero-order valence-electron chi connectivity index (χ0n) is 12.1. The van der Waals surface area contributed by atoms with Gasteiger partial charge in [0, 0.05) is 0 Å². The van der Waals surface area contributed by atoms with Gasteiger partial charge in [0.25, 0.3) is 0 Å². The van der Waals surface area contributed by atoms with Gasteiger partial charge in [-0.3, -0.25) is 4.68 Å². The molecule has 0 aromatic carbocycles. The number of carbonyl (C=O) groups is 1. The summed E-state index contributed by atoms with van der Waals surface area (Å²) in [4.78, 5) is 12.1. The van der Waals surface area contributed by atoms with Crippen molar-refractivity contribution in [1.29, 1.82) is 0 Å². The van der Waals surface area contributed by atoms with E-state index in [-0.39, 0.29) is 5.97 Å². The Morgan fingerprint density at radius 3 is 2.79 bits per heavy atom. The molecule has 1 heterocycles. The molecule has 0 aliphatic carbocycles. The lowest BCUT2D eigenvalue weighted by Crippen LogP contribution is -2.53. The Balaban J connectivity index is 2.80. The number of methoxy groups -OCH3 is 1. The van der Waals surface area contributed by atoms with Gasteiger partial charge in [-0.05, 0) is 26.8 Å². The van der Waals surface area contributed by atoms with E-state index in [0.29, 0.717) is 18.9 Å². The average Bonchev–Trinajstić information content (AvgIpc) is 2.84. The normalized spacial score (nSPS) is 13.9. The third kappa shape index (κ3) is 4.24. The maximum absolute atomic E-state index is 12.1. The van der Waals surface area contributed by atoms with Crippen LogP contribution in [0.5, 0.6) is 5.75 Å². The number of ether oxygens (including phenoxy) is 2. The molecule has 0 amide bonds. The Bertz CT molecular complexity index is 406. The van der Waals surface area contributed by atoms with Crippen molar-refractivity contribution in [3.05, 3.63) is 12.4 Å². The first-order valence-corrected chi connectivity index (χ1v) is 6.54. The summed E-state index contributed by atoms with van der Waals surface area (Å²) < 4.78 is 11.9. The Morgan fingerprint density at radius 2 is 2.26 bits per heavy atom. The summed E-state index contributed by atoms with van der Waals surface area (Å²) in [6.45, 7) is 7.19. The Labute approximate surface area is 114 Å². The first-order valence-electron chi connectivity index (χ1n) is 6.54. The predicted octanol–water partition coefficient (Wildman–Crippen LogP) is 1.21. The van der Waals surface area contributed by atoms with Crippen molar-refractivity contribution >= 4 is 5.97 Å². The highest BCUT2D eigenvalue weighted by atomic mass is 16.5. The van der Waals surface area contributed by atoms with Gasteiger partial charge >= 0.3 is 5.97 Å². The van der Waals surface area contributed by atoms with Crippen molar-refractivity contribution in [3.63, 3.8) is 0 Å². The van der Waals surface area contributed by atoms with E-state index in [4.69, 9.17) is 9.47 Å². The largest absolute Gasteiger partial charge is 0.493 e. The Kier molecular flexibility index (Phi) is 5.82. The van der Waals surface area contributed by atoms with Crippen LogP contribution < -0.4 is 10.1 Å². The minimum absolute atomic E-state index is 0.266. The Hall–Kier alpha value is -1.56. The van der Waals surface area contributed by atoms with Gasteiger partial charge in [-0.1, -0.05) is 6.92 Å². The van der Waals surface area contributed by atoms with Crippen LogP contribution in [0.3, 0.4) is 0 Å². The molecule has 1 unspecified atom stereocenters. The lowest BCUT2D eigenvalue weighted by Gasteiger charge is -2.28. The van der Waals surface area contributed by atoms with E-state index in [1.807, 2.05) is 6.92 Å². The smallest absolute Gasteiger partial charge is 0.327 e. The lowest BCUT2D eigenvalue weighted by atomic mass is 10.0. The van der Waals surface area contributed by atoms with Gasteiger partial charge in [0.05, 0.1) is 32.7 Å².